The van der Waals surface area contributed by atoms with Gasteiger partial charge >= 0.3 is 25.7 Å². The van der Waals surface area contributed by atoms with Crippen molar-refractivity contribution >= 4 is 7.82 Å². The molecular formula is C45H87O13P. The maximum atomic E-state index is 16.3. The first-order chi connectivity index (χ1) is 28.4. The van der Waals surface area contributed by atoms with Gasteiger partial charge in [-0.1, -0.05) is 140 Å². The van der Waals surface area contributed by atoms with Gasteiger partial charge in [-0.15, -0.1) is 0 Å². The lowest BCUT2D eigenvalue weighted by Crippen LogP contribution is -2.48. The van der Waals surface area contributed by atoms with E-state index in [9.17, 15) is 0 Å². The van der Waals surface area contributed by atoms with Gasteiger partial charge in [0, 0.05) is 0 Å². The molecule has 0 heterocycles. The molecule has 0 saturated heterocycles. The van der Waals surface area contributed by atoms with Gasteiger partial charge in [0.2, 0.25) is 0 Å². The molecule has 59 heavy (non-hydrogen) atoms. The van der Waals surface area contributed by atoms with E-state index in [4.69, 9.17) is 56.2 Å². The minimum absolute atomic E-state index is 0.0876. The summed E-state index contributed by atoms with van der Waals surface area (Å²) < 4.78 is 93.3. The lowest BCUT2D eigenvalue weighted by Gasteiger charge is -2.42. The van der Waals surface area contributed by atoms with Crippen molar-refractivity contribution in [3.63, 3.8) is 0 Å². The van der Waals surface area contributed by atoms with Crippen LogP contribution in [-0.2, 0) is 60.8 Å². The summed E-state index contributed by atoms with van der Waals surface area (Å²) in [6, 6.07) is 0. The van der Waals surface area contributed by atoms with Crippen molar-refractivity contribution in [2.24, 2.45) is 0 Å². The normalized spacial score (nSPS) is 12.5. The summed E-state index contributed by atoms with van der Waals surface area (Å²) in [5.41, 5.74) is 0. The molecule has 0 aromatic carbocycles. The zero-order chi connectivity index (χ0) is 44.3. The van der Waals surface area contributed by atoms with E-state index < -0.39 is 25.7 Å². The topological polar surface area (TPSA) is 128 Å². The van der Waals surface area contributed by atoms with E-state index in [0.29, 0.717) is 57.8 Å². The maximum absolute atomic E-state index is 16.3. The van der Waals surface area contributed by atoms with Crippen LogP contribution in [0.4, 0.5) is 0 Å². The van der Waals surface area contributed by atoms with Crippen LogP contribution in [0.3, 0.4) is 0 Å². The van der Waals surface area contributed by atoms with Crippen LogP contribution in [0.5, 0.6) is 0 Å². The predicted octanol–water partition coefficient (Wildman–Crippen LogP) is 13.0. The third-order valence-corrected chi connectivity index (χ3v) is 10.2. The third kappa shape index (κ3) is 22.9. The van der Waals surface area contributed by atoms with Crippen LogP contribution in [0.2, 0.25) is 0 Å². The van der Waals surface area contributed by atoms with Crippen LogP contribution in [0.1, 0.15) is 178 Å². The molecule has 0 aliphatic heterocycles. The number of phosphoric ester groups is 1. The van der Waals surface area contributed by atoms with Gasteiger partial charge in [-0.25, -0.2) is 18.1 Å². The van der Waals surface area contributed by atoms with Gasteiger partial charge in [0.15, 0.2) is 17.3 Å². The minimum atomic E-state index is -5.33. The number of unbranched alkanes of at least 4 members (excludes halogenated alkanes) is 9. The third-order valence-electron chi connectivity index (χ3n) is 8.78. The van der Waals surface area contributed by atoms with E-state index in [0.717, 1.165) is 57.8 Å². The Morgan fingerprint density at radius 2 is 0.508 bits per heavy atom. The molecule has 0 aliphatic carbocycles. The van der Waals surface area contributed by atoms with E-state index in [2.05, 4.69) is 19.7 Å². The summed E-state index contributed by atoms with van der Waals surface area (Å²) in [4.78, 5) is 0. The molecule has 0 bridgehead atoms. The van der Waals surface area contributed by atoms with Gasteiger partial charge in [0.05, 0.1) is 59.5 Å². The first kappa shape index (κ1) is 57.5. The lowest BCUT2D eigenvalue weighted by atomic mass is 10.3. The maximum Gasteiger partial charge on any atom is 0.489 e. The summed E-state index contributed by atoms with van der Waals surface area (Å²) in [6.07, 6.45) is 13.0. The second-order valence-electron chi connectivity index (χ2n) is 14.5. The highest BCUT2D eigenvalue weighted by Gasteiger charge is 2.59. The first-order valence-corrected chi connectivity index (χ1v) is 24.4. The van der Waals surface area contributed by atoms with Gasteiger partial charge in [0.1, 0.15) is 0 Å². The summed E-state index contributed by atoms with van der Waals surface area (Å²) in [6.45, 7) is 32.4. The van der Waals surface area contributed by atoms with Gasteiger partial charge in [-0.3, -0.25) is 0 Å². The highest BCUT2D eigenvalue weighted by Crippen LogP contribution is 2.62. The molecule has 14 heteroatoms. The van der Waals surface area contributed by atoms with Crippen molar-refractivity contribution in [1.82, 2.24) is 0 Å². The summed E-state index contributed by atoms with van der Waals surface area (Å²) >= 11 is 0. The number of hydrogen-bond acceptors (Lipinski definition) is 13. The molecule has 0 aromatic heterocycles. The Morgan fingerprint density at radius 1 is 0.339 bits per heavy atom. The van der Waals surface area contributed by atoms with Crippen LogP contribution in [-0.4, -0.2) is 77.4 Å². The molecule has 0 fully saturated rings. The monoisotopic (exact) mass is 867 g/mol. The van der Waals surface area contributed by atoms with Gasteiger partial charge < -0.3 is 42.6 Å². The van der Waals surface area contributed by atoms with Crippen molar-refractivity contribution in [1.29, 1.82) is 0 Å². The summed E-state index contributed by atoms with van der Waals surface area (Å²) in [5, 5.41) is 0. The van der Waals surface area contributed by atoms with Gasteiger partial charge in [-0.2, -0.15) is 0 Å². The fourth-order valence-corrected chi connectivity index (χ4v) is 6.42. The largest absolute Gasteiger partial charge is 0.490 e. The van der Waals surface area contributed by atoms with Crippen LogP contribution < -0.4 is 0 Å². The lowest BCUT2D eigenvalue weighted by molar-refractivity contribution is -0.386. The Kier molecular flexibility index (Phi) is 34.1. The van der Waals surface area contributed by atoms with Crippen LogP contribution in [0.25, 0.3) is 0 Å². The highest BCUT2D eigenvalue weighted by atomic mass is 31.2. The van der Waals surface area contributed by atoms with Crippen LogP contribution >= 0.6 is 7.82 Å². The summed E-state index contributed by atoms with van der Waals surface area (Å²) in [5.74, 6) is -7.22. The molecule has 13 nitrogen and oxygen atoms in total. The first-order valence-electron chi connectivity index (χ1n) is 23.0. The van der Waals surface area contributed by atoms with Crippen LogP contribution in [0, 0.1) is 0 Å². The van der Waals surface area contributed by atoms with E-state index in [1.807, 2.05) is 62.3 Å². The van der Waals surface area contributed by atoms with Gasteiger partial charge in [0.25, 0.3) is 0 Å². The van der Waals surface area contributed by atoms with E-state index in [-0.39, 0.29) is 76.7 Å². The van der Waals surface area contributed by atoms with E-state index in [1.165, 1.54) is 0 Å². The Morgan fingerprint density at radius 3 is 0.678 bits per heavy atom. The molecule has 0 aliphatic rings. The summed E-state index contributed by atoms with van der Waals surface area (Å²) in [7, 11) is -5.33. The molecule has 0 amide bonds. The second-order valence-corrected chi connectivity index (χ2v) is 15.9. The molecule has 0 atom stereocenters. The molecular weight excluding hydrogens is 779 g/mol. The number of ether oxygens (including phenoxy) is 9. The number of hydrogen-bond donors (Lipinski definition) is 0. The zero-order valence-electron chi connectivity index (χ0n) is 39.0. The number of rotatable bonds is 45. The van der Waals surface area contributed by atoms with E-state index in [1.54, 1.807) is 0 Å². The fourth-order valence-electron chi connectivity index (χ4n) is 4.81. The second kappa shape index (κ2) is 35.0. The number of phosphoric acid groups is 1. The van der Waals surface area contributed by atoms with E-state index >= 15 is 4.57 Å². The molecule has 0 aromatic rings. The quantitative estimate of drug-likeness (QED) is 0.0249. The minimum Gasteiger partial charge on any atom is -0.490 e. The molecule has 0 saturated carbocycles. The molecule has 0 radical (unpaired) electrons. The highest BCUT2D eigenvalue weighted by molar-refractivity contribution is 7.48. The Bertz CT molecular complexity index is 954. The molecule has 0 spiro atoms. The fraction of sp³-hybridized carbons (Fsp3) is 0.867. The van der Waals surface area contributed by atoms with Crippen molar-refractivity contribution in [3.8, 4) is 0 Å². The smallest absolute Gasteiger partial charge is 0.489 e. The van der Waals surface area contributed by atoms with Crippen molar-refractivity contribution in [2.45, 2.75) is 196 Å². The van der Waals surface area contributed by atoms with Crippen molar-refractivity contribution in [2.75, 3.05) is 59.5 Å². The molecule has 0 N–H and O–H groups in total. The standard InChI is InChI=1S/C45H87O13P/c1-13-22-31-47-40(10)43(50-34-25-16-4,51-35-26-17-5)56-59(46,57-44(52-36-27-18-6,53-37-28-19-7)41(11)48-32-23-14-2)58-45(54-38-29-20-8,55-39-30-21-9)42(12)49-33-24-15-3/h10-39H2,1-9H3. The average molecular weight is 867 g/mol. The molecule has 350 valence electrons. The average Bonchev–Trinajstić information content (AvgIpc) is 3.21. The Hall–Kier alpha value is -1.51. The van der Waals surface area contributed by atoms with Gasteiger partial charge in [-0.05, 0) is 57.8 Å². The predicted molar refractivity (Wildman–Crippen MR) is 234 cm³/mol. The van der Waals surface area contributed by atoms with Crippen LogP contribution in [0.15, 0.2) is 37.0 Å². The Labute approximate surface area is 360 Å². The zero-order valence-corrected chi connectivity index (χ0v) is 39.9. The Balaban J connectivity index is 8.30. The molecule has 0 unspecified atom stereocenters. The molecule has 0 rings (SSSR count). The SMILES string of the molecule is C=C(OCCCC)C(OCCCC)(OCCCC)OP(=O)(OC(OCCCC)(OCCCC)C(=C)OCCCC)OC(OCCCC)(OCCCC)C(=C)OCCCC. The van der Waals surface area contributed by atoms with Crippen molar-refractivity contribution < 1.29 is 60.8 Å². The van der Waals surface area contributed by atoms with Crippen molar-refractivity contribution in [3.05, 3.63) is 37.0 Å².